The second-order valence-electron chi connectivity index (χ2n) is 6.69. The first kappa shape index (κ1) is 17.9. The highest BCUT2D eigenvalue weighted by atomic mass is 19.1. The van der Waals surface area contributed by atoms with Crippen LogP contribution in [0.2, 0.25) is 0 Å². The van der Waals surface area contributed by atoms with Gasteiger partial charge < -0.3 is 5.32 Å². The summed E-state index contributed by atoms with van der Waals surface area (Å²) in [5.41, 5.74) is 4.85. The Bertz CT molecular complexity index is 1140. The van der Waals surface area contributed by atoms with E-state index in [0.717, 1.165) is 33.3 Å². The summed E-state index contributed by atoms with van der Waals surface area (Å²) in [7, 11) is 0. The highest BCUT2D eigenvalue weighted by molar-refractivity contribution is 6.09. The van der Waals surface area contributed by atoms with Crippen LogP contribution < -0.4 is 5.32 Å². The first-order valence-electron chi connectivity index (χ1n) is 9.10. The van der Waals surface area contributed by atoms with Crippen LogP contribution >= 0.6 is 0 Å². The van der Waals surface area contributed by atoms with Crippen molar-refractivity contribution in [3.8, 4) is 11.1 Å². The SMILES string of the molecule is Cc1cc(C(=O)NCc2ccccc2)c2cccc(-c3ccc(F)cc3)c2n1. The van der Waals surface area contributed by atoms with Crippen molar-refractivity contribution >= 4 is 16.8 Å². The van der Waals surface area contributed by atoms with E-state index in [1.54, 1.807) is 18.2 Å². The average molecular weight is 370 g/mol. The number of nitrogens with one attached hydrogen (secondary N) is 1. The van der Waals surface area contributed by atoms with Crippen LogP contribution in [0.3, 0.4) is 0 Å². The largest absolute Gasteiger partial charge is 0.348 e. The number of nitrogens with zero attached hydrogens (tertiary/aromatic N) is 1. The first-order chi connectivity index (χ1) is 13.6. The summed E-state index contributed by atoms with van der Waals surface area (Å²) in [5, 5.41) is 3.76. The fraction of sp³-hybridized carbons (Fsp3) is 0.0833. The van der Waals surface area contributed by atoms with Gasteiger partial charge >= 0.3 is 0 Å². The molecule has 0 fully saturated rings. The molecule has 1 heterocycles. The van der Waals surface area contributed by atoms with E-state index in [2.05, 4.69) is 10.3 Å². The number of para-hydroxylation sites is 1. The molecule has 0 saturated heterocycles. The number of fused-ring (bicyclic) bond motifs is 1. The lowest BCUT2D eigenvalue weighted by Gasteiger charge is -2.12. The molecule has 1 N–H and O–H groups in total. The van der Waals surface area contributed by atoms with Crippen molar-refractivity contribution in [2.75, 3.05) is 0 Å². The zero-order valence-corrected chi connectivity index (χ0v) is 15.4. The van der Waals surface area contributed by atoms with Crippen molar-refractivity contribution in [1.82, 2.24) is 10.3 Å². The van der Waals surface area contributed by atoms with Crippen molar-refractivity contribution < 1.29 is 9.18 Å². The molecule has 3 aromatic carbocycles. The van der Waals surface area contributed by atoms with Crippen molar-refractivity contribution in [3.05, 3.63) is 102 Å². The van der Waals surface area contributed by atoms with Crippen LogP contribution in [0.5, 0.6) is 0 Å². The van der Waals surface area contributed by atoms with Gasteiger partial charge in [0.1, 0.15) is 5.82 Å². The van der Waals surface area contributed by atoms with Gasteiger partial charge in [-0.2, -0.15) is 0 Å². The number of carbonyl (C=O) groups is 1. The maximum Gasteiger partial charge on any atom is 0.252 e. The third kappa shape index (κ3) is 3.62. The third-order valence-corrected chi connectivity index (χ3v) is 4.66. The monoisotopic (exact) mass is 370 g/mol. The van der Waals surface area contributed by atoms with Gasteiger partial charge in [0.2, 0.25) is 0 Å². The maximum absolute atomic E-state index is 13.3. The zero-order chi connectivity index (χ0) is 19.5. The standard InChI is InChI=1S/C24H19FN2O/c1-16-14-22(24(28)26-15-17-6-3-2-4-7-17)21-9-5-8-20(23(21)27-16)18-10-12-19(25)13-11-18/h2-14H,15H2,1H3,(H,26,28). The average Bonchev–Trinajstić information content (AvgIpc) is 2.72. The molecular weight excluding hydrogens is 351 g/mol. The van der Waals surface area contributed by atoms with Gasteiger partial charge in [-0.25, -0.2) is 4.39 Å². The van der Waals surface area contributed by atoms with Gasteiger partial charge in [0, 0.05) is 23.2 Å². The second-order valence-corrected chi connectivity index (χ2v) is 6.69. The summed E-state index contributed by atoms with van der Waals surface area (Å²) in [6.45, 7) is 2.33. The molecule has 138 valence electrons. The minimum atomic E-state index is -0.283. The molecule has 0 radical (unpaired) electrons. The van der Waals surface area contributed by atoms with E-state index < -0.39 is 0 Å². The molecule has 0 spiro atoms. The lowest BCUT2D eigenvalue weighted by atomic mass is 9.98. The smallest absolute Gasteiger partial charge is 0.252 e. The molecule has 1 aromatic heterocycles. The van der Waals surface area contributed by atoms with Crippen LogP contribution in [0, 0.1) is 12.7 Å². The molecule has 0 bridgehead atoms. The molecule has 0 aliphatic rings. The fourth-order valence-corrected chi connectivity index (χ4v) is 3.30. The van der Waals surface area contributed by atoms with Crippen molar-refractivity contribution in [3.63, 3.8) is 0 Å². The molecule has 0 aliphatic heterocycles. The number of rotatable bonds is 4. The molecule has 4 rings (SSSR count). The van der Waals surface area contributed by atoms with Crippen molar-refractivity contribution in [1.29, 1.82) is 0 Å². The molecule has 4 heteroatoms. The molecule has 0 saturated carbocycles. The quantitative estimate of drug-likeness (QED) is 0.531. The minimum absolute atomic E-state index is 0.143. The topological polar surface area (TPSA) is 42.0 Å². The van der Waals surface area contributed by atoms with Gasteiger partial charge in [0.25, 0.3) is 5.91 Å². The predicted molar refractivity (Wildman–Crippen MR) is 109 cm³/mol. The van der Waals surface area contributed by atoms with E-state index in [1.165, 1.54) is 12.1 Å². The highest BCUT2D eigenvalue weighted by Crippen LogP contribution is 2.29. The van der Waals surface area contributed by atoms with Gasteiger partial charge in [-0.05, 0) is 36.2 Å². The molecule has 28 heavy (non-hydrogen) atoms. The van der Waals surface area contributed by atoms with Crippen LogP contribution in [0.4, 0.5) is 4.39 Å². The molecule has 0 atom stereocenters. The Hall–Kier alpha value is -3.53. The number of hydrogen-bond donors (Lipinski definition) is 1. The fourth-order valence-electron chi connectivity index (χ4n) is 3.30. The summed E-state index contributed by atoms with van der Waals surface area (Å²) in [4.78, 5) is 17.6. The zero-order valence-electron chi connectivity index (χ0n) is 15.4. The molecule has 4 aromatic rings. The number of pyridine rings is 1. The summed E-state index contributed by atoms with van der Waals surface area (Å²) >= 11 is 0. The Balaban J connectivity index is 1.74. The number of halogens is 1. The van der Waals surface area contributed by atoms with Gasteiger partial charge in [0.05, 0.1) is 11.1 Å². The summed E-state index contributed by atoms with van der Waals surface area (Å²) in [6.07, 6.45) is 0. The Morgan fingerprint density at radius 1 is 0.964 bits per heavy atom. The Kier molecular flexibility index (Phi) is 4.85. The first-order valence-corrected chi connectivity index (χ1v) is 9.10. The normalized spacial score (nSPS) is 10.8. The Morgan fingerprint density at radius 2 is 1.71 bits per heavy atom. The summed E-state index contributed by atoms with van der Waals surface area (Å²) in [5.74, 6) is -0.426. The lowest BCUT2D eigenvalue weighted by Crippen LogP contribution is -2.23. The van der Waals surface area contributed by atoms with E-state index in [-0.39, 0.29) is 11.7 Å². The highest BCUT2D eigenvalue weighted by Gasteiger charge is 2.15. The van der Waals surface area contributed by atoms with Crippen molar-refractivity contribution in [2.24, 2.45) is 0 Å². The molecular formula is C24H19FN2O. The van der Waals surface area contributed by atoms with Crippen LogP contribution in [0.15, 0.2) is 78.9 Å². The van der Waals surface area contributed by atoms with E-state index in [4.69, 9.17) is 0 Å². The predicted octanol–water partition coefficient (Wildman–Crippen LogP) is 5.28. The van der Waals surface area contributed by atoms with Gasteiger partial charge in [-0.3, -0.25) is 9.78 Å². The lowest BCUT2D eigenvalue weighted by molar-refractivity contribution is 0.0952. The van der Waals surface area contributed by atoms with E-state index in [9.17, 15) is 9.18 Å². The van der Waals surface area contributed by atoms with E-state index in [1.807, 2.05) is 55.5 Å². The van der Waals surface area contributed by atoms with Crippen LogP contribution in [0.25, 0.3) is 22.0 Å². The van der Waals surface area contributed by atoms with E-state index >= 15 is 0 Å². The number of aryl methyl sites for hydroxylation is 1. The number of amides is 1. The minimum Gasteiger partial charge on any atom is -0.348 e. The summed E-state index contributed by atoms with van der Waals surface area (Å²) in [6, 6.07) is 23.6. The summed E-state index contributed by atoms with van der Waals surface area (Å²) < 4.78 is 13.3. The van der Waals surface area contributed by atoms with Gasteiger partial charge in [-0.15, -0.1) is 0 Å². The van der Waals surface area contributed by atoms with Crippen LogP contribution in [-0.4, -0.2) is 10.9 Å². The number of hydrogen-bond acceptors (Lipinski definition) is 2. The van der Waals surface area contributed by atoms with Crippen LogP contribution in [0.1, 0.15) is 21.6 Å². The molecule has 1 amide bonds. The Morgan fingerprint density at radius 3 is 2.46 bits per heavy atom. The number of carbonyl (C=O) groups excluding carboxylic acids is 1. The van der Waals surface area contributed by atoms with Crippen LogP contribution in [-0.2, 0) is 6.54 Å². The second kappa shape index (κ2) is 7.61. The van der Waals surface area contributed by atoms with Crippen molar-refractivity contribution in [2.45, 2.75) is 13.5 Å². The Labute approximate surface area is 162 Å². The maximum atomic E-state index is 13.3. The molecule has 0 aliphatic carbocycles. The van der Waals surface area contributed by atoms with Gasteiger partial charge in [-0.1, -0.05) is 60.7 Å². The molecule has 0 unspecified atom stereocenters. The van der Waals surface area contributed by atoms with E-state index in [0.29, 0.717) is 12.1 Å². The molecule has 3 nitrogen and oxygen atoms in total. The third-order valence-electron chi connectivity index (χ3n) is 4.66. The number of benzene rings is 3. The van der Waals surface area contributed by atoms with Gasteiger partial charge in [0.15, 0.2) is 0 Å². The number of aromatic nitrogens is 1.